The third-order valence-corrected chi connectivity index (χ3v) is 2.91. The molecule has 0 unspecified atom stereocenters. The third kappa shape index (κ3) is 3.79. The first kappa shape index (κ1) is 15.6. The predicted molar refractivity (Wildman–Crippen MR) is 83.6 cm³/mol. The van der Waals surface area contributed by atoms with E-state index in [1.54, 1.807) is 35.3 Å². The fourth-order valence-corrected chi connectivity index (χ4v) is 1.88. The number of benzene rings is 1. The van der Waals surface area contributed by atoms with Crippen LogP contribution in [0.3, 0.4) is 0 Å². The molecule has 0 fully saturated rings. The average Bonchev–Trinajstić information content (AvgIpc) is 2.40. The molecule has 1 aromatic carbocycles. The molecule has 0 aliphatic carbocycles. The van der Waals surface area contributed by atoms with Crippen molar-refractivity contribution in [3.05, 3.63) is 78.2 Å². The summed E-state index contributed by atoms with van der Waals surface area (Å²) in [6, 6.07) is 7.06. The van der Waals surface area contributed by atoms with Crippen LogP contribution in [-0.4, -0.2) is 29.2 Å². The first-order valence-electron chi connectivity index (χ1n) is 6.33. The summed E-state index contributed by atoms with van der Waals surface area (Å²) >= 11 is 0. The highest BCUT2D eigenvalue weighted by molar-refractivity contribution is 5.42. The van der Waals surface area contributed by atoms with E-state index in [9.17, 15) is 10.2 Å². The maximum Gasteiger partial charge on any atom is 0.142 e. The normalized spacial score (nSPS) is 12.6. The molecule has 0 aliphatic rings. The summed E-state index contributed by atoms with van der Waals surface area (Å²) in [6.07, 6.45) is 5.35. The van der Waals surface area contributed by atoms with Crippen LogP contribution in [0.5, 0.6) is 5.75 Å². The second kappa shape index (κ2) is 7.24. The molecule has 0 aliphatic heterocycles. The van der Waals surface area contributed by atoms with Gasteiger partial charge in [0.25, 0.3) is 0 Å². The van der Waals surface area contributed by atoms with Crippen LogP contribution in [0.4, 0.5) is 0 Å². The Hall–Kier alpha value is -2.42. The zero-order valence-electron chi connectivity index (χ0n) is 12.0. The number of rotatable bonds is 6. The molecule has 0 atom stereocenters. The number of phenols is 1. The number of para-hydroxylation sites is 1. The number of allylic oxidation sites excluding steroid dienone is 4. The minimum atomic E-state index is 0.133. The van der Waals surface area contributed by atoms with Crippen molar-refractivity contribution in [2.45, 2.75) is 6.42 Å². The van der Waals surface area contributed by atoms with Gasteiger partial charge in [0.1, 0.15) is 11.5 Å². The second-order valence-corrected chi connectivity index (χ2v) is 4.57. The standard InChI is InChI=1S/C17H21NO2/c1-5-9-14(17(20)15(6-2)18(3)4)12-13-10-7-8-11-16(13)19/h5-11,19-20H,1-2,12H2,3-4H3/b14-9-,17-15-. The summed E-state index contributed by atoms with van der Waals surface area (Å²) in [7, 11) is 3.66. The molecule has 2 N–H and O–H groups in total. The van der Waals surface area contributed by atoms with Crippen molar-refractivity contribution in [2.24, 2.45) is 0 Å². The lowest BCUT2D eigenvalue weighted by molar-refractivity contribution is 0.384. The lowest BCUT2D eigenvalue weighted by Crippen LogP contribution is -2.13. The van der Waals surface area contributed by atoms with Gasteiger partial charge in [-0.15, -0.1) is 0 Å². The Bertz CT molecular complexity index is 554. The molecule has 0 amide bonds. The molecule has 0 heterocycles. The van der Waals surface area contributed by atoms with Gasteiger partial charge in [0.2, 0.25) is 0 Å². The number of hydrogen-bond donors (Lipinski definition) is 2. The van der Waals surface area contributed by atoms with E-state index in [0.717, 1.165) is 5.56 Å². The molecule has 0 aromatic heterocycles. The number of phenolic OH excluding ortho intramolecular Hbond substituents is 1. The van der Waals surface area contributed by atoms with Crippen LogP contribution in [0, 0.1) is 0 Å². The molecule has 0 bridgehead atoms. The summed E-state index contributed by atoms with van der Waals surface area (Å²) < 4.78 is 0. The maximum absolute atomic E-state index is 10.4. The molecular formula is C17H21NO2. The number of hydrogen-bond acceptors (Lipinski definition) is 3. The van der Waals surface area contributed by atoms with Gasteiger partial charge < -0.3 is 15.1 Å². The minimum absolute atomic E-state index is 0.133. The van der Waals surface area contributed by atoms with Gasteiger partial charge in [-0.3, -0.25) is 0 Å². The van der Waals surface area contributed by atoms with Gasteiger partial charge in [-0.1, -0.05) is 43.5 Å². The van der Waals surface area contributed by atoms with Crippen molar-refractivity contribution in [1.82, 2.24) is 4.90 Å². The summed E-state index contributed by atoms with van der Waals surface area (Å²) in [4.78, 5) is 1.78. The van der Waals surface area contributed by atoms with Crippen molar-refractivity contribution in [1.29, 1.82) is 0 Å². The van der Waals surface area contributed by atoms with Crippen LogP contribution in [0.15, 0.2) is 72.7 Å². The zero-order valence-corrected chi connectivity index (χ0v) is 12.0. The highest BCUT2D eigenvalue weighted by atomic mass is 16.3. The molecule has 20 heavy (non-hydrogen) atoms. The van der Waals surface area contributed by atoms with E-state index in [2.05, 4.69) is 13.2 Å². The Morgan fingerprint density at radius 2 is 1.90 bits per heavy atom. The first-order chi connectivity index (χ1) is 9.51. The summed E-state index contributed by atoms with van der Waals surface area (Å²) in [5, 5.41) is 20.2. The SMILES string of the molecule is C=C/C=C(Cc1ccccc1O)\C(O)=C(/C=C)N(C)C. The lowest BCUT2D eigenvalue weighted by atomic mass is 10.0. The van der Waals surface area contributed by atoms with Crippen LogP contribution in [0.1, 0.15) is 5.56 Å². The lowest BCUT2D eigenvalue weighted by Gasteiger charge is -2.17. The number of likely N-dealkylation sites (N-methyl/N-ethyl adjacent to an activating group) is 1. The Morgan fingerprint density at radius 1 is 1.25 bits per heavy atom. The Kier molecular flexibility index (Phi) is 5.66. The van der Waals surface area contributed by atoms with E-state index in [0.29, 0.717) is 17.7 Å². The van der Waals surface area contributed by atoms with Crippen molar-refractivity contribution >= 4 is 0 Å². The number of nitrogens with zero attached hydrogens (tertiary/aromatic N) is 1. The van der Waals surface area contributed by atoms with Crippen molar-refractivity contribution in [2.75, 3.05) is 14.1 Å². The minimum Gasteiger partial charge on any atom is -0.508 e. The van der Waals surface area contributed by atoms with Gasteiger partial charge in [-0.25, -0.2) is 0 Å². The van der Waals surface area contributed by atoms with Crippen molar-refractivity contribution < 1.29 is 10.2 Å². The Balaban J connectivity index is 3.20. The molecule has 106 valence electrons. The molecule has 0 radical (unpaired) electrons. The van der Waals surface area contributed by atoms with Gasteiger partial charge in [0, 0.05) is 26.1 Å². The van der Waals surface area contributed by atoms with Crippen LogP contribution in [0.2, 0.25) is 0 Å². The fraction of sp³-hybridized carbons (Fsp3) is 0.176. The molecular weight excluding hydrogens is 250 g/mol. The van der Waals surface area contributed by atoms with E-state index >= 15 is 0 Å². The Morgan fingerprint density at radius 3 is 2.40 bits per heavy atom. The number of aliphatic hydroxyl groups excluding tert-OH is 1. The molecule has 3 nitrogen and oxygen atoms in total. The van der Waals surface area contributed by atoms with Crippen molar-refractivity contribution in [3.8, 4) is 5.75 Å². The summed E-state index contributed by atoms with van der Waals surface area (Å²) in [5.74, 6) is 0.341. The predicted octanol–water partition coefficient (Wildman–Crippen LogP) is 3.56. The van der Waals surface area contributed by atoms with Gasteiger partial charge in [0.05, 0.1) is 5.70 Å². The van der Waals surface area contributed by atoms with Crippen LogP contribution >= 0.6 is 0 Å². The topological polar surface area (TPSA) is 43.7 Å². The molecule has 0 saturated carbocycles. The second-order valence-electron chi connectivity index (χ2n) is 4.57. The van der Waals surface area contributed by atoms with E-state index in [-0.39, 0.29) is 11.5 Å². The zero-order chi connectivity index (χ0) is 15.1. The maximum atomic E-state index is 10.4. The van der Waals surface area contributed by atoms with Gasteiger partial charge in [0.15, 0.2) is 0 Å². The molecule has 1 aromatic rings. The summed E-state index contributed by atoms with van der Waals surface area (Å²) in [6.45, 7) is 7.37. The quantitative estimate of drug-likeness (QED) is 0.614. The van der Waals surface area contributed by atoms with Crippen molar-refractivity contribution in [3.63, 3.8) is 0 Å². The average molecular weight is 271 g/mol. The third-order valence-electron chi connectivity index (χ3n) is 2.91. The van der Waals surface area contributed by atoms with Gasteiger partial charge in [-0.2, -0.15) is 0 Å². The highest BCUT2D eigenvalue weighted by Gasteiger charge is 2.12. The van der Waals surface area contributed by atoms with Crippen LogP contribution < -0.4 is 0 Å². The molecule has 0 saturated heterocycles. The van der Waals surface area contributed by atoms with E-state index < -0.39 is 0 Å². The first-order valence-corrected chi connectivity index (χ1v) is 6.33. The molecule has 3 heteroatoms. The Labute approximate surface area is 120 Å². The molecule has 0 spiro atoms. The molecule has 1 rings (SSSR count). The number of aliphatic hydroxyl groups is 1. The van der Waals surface area contributed by atoms with E-state index in [4.69, 9.17) is 0 Å². The van der Waals surface area contributed by atoms with Crippen LogP contribution in [-0.2, 0) is 6.42 Å². The smallest absolute Gasteiger partial charge is 0.142 e. The summed E-state index contributed by atoms with van der Waals surface area (Å²) in [5.41, 5.74) is 2.04. The highest BCUT2D eigenvalue weighted by Crippen LogP contribution is 2.24. The van der Waals surface area contributed by atoms with Gasteiger partial charge >= 0.3 is 0 Å². The van der Waals surface area contributed by atoms with E-state index in [1.807, 2.05) is 26.2 Å². The fourth-order valence-electron chi connectivity index (χ4n) is 1.88. The number of aromatic hydroxyl groups is 1. The largest absolute Gasteiger partial charge is 0.508 e. The monoisotopic (exact) mass is 271 g/mol. The van der Waals surface area contributed by atoms with Crippen LogP contribution in [0.25, 0.3) is 0 Å². The van der Waals surface area contributed by atoms with E-state index in [1.165, 1.54) is 0 Å². The van der Waals surface area contributed by atoms with Gasteiger partial charge in [-0.05, 0) is 17.7 Å².